The second kappa shape index (κ2) is 6.22. The molecule has 1 fully saturated rings. The number of esters is 1. The van der Waals surface area contributed by atoms with Crippen molar-refractivity contribution in [2.24, 2.45) is 0 Å². The summed E-state index contributed by atoms with van der Waals surface area (Å²) in [6.07, 6.45) is 3.22. The number of aromatic nitrogens is 1. The van der Waals surface area contributed by atoms with E-state index in [1.807, 2.05) is 0 Å². The van der Waals surface area contributed by atoms with Crippen LogP contribution in [0.3, 0.4) is 0 Å². The van der Waals surface area contributed by atoms with E-state index in [9.17, 15) is 9.59 Å². The van der Waals surface area contributed by atoms with Gasteiger partial charge >= 0.3 is 5.97 Å². The zero-order chi connectivity index (χ0) is 14.7. The Morgan fingerprint density at radius 3 is 2.86 bits per heavy atom. The molecule has 1 aliphatic heterocycles. The third-order valence-electron chi connectivity index (χ3n) is 3.60. The van der Waals surface area contributed by atoms with E-state index in [-0.39, 0.29) is 12.5 Å². The van der Waals surface area contributed by atoms with Crippen molar-refractivity contribution in [1.82, 2.24) is 9.88 Å². The molecule has 3 rings (SSSR count). The Labute approximate surface area is 126 Å². The van der Waals surface area contributed by atoms with Gasteiger partial charge in [-0.3, -0.25) is 4.79 Å². The van der Waals surface area contributed by atoms with Crippen LogP contribution in [-0.2, 0) is 9.53 Å². The minimum Gasteiger partial charge on any atom is -0.452 e. The average molecular weight is 304 g/mol. The fraction of sp³-hybridized carbons (Fsp3) is 0.400. The number of rotatable bonds is 3. The topological polar surface area (TPSA) is 59.5 Å². The number of ether oxygens (including phenoxy) is 1. The van der Waals surface area contributed by atoms with Gasteiger partial charge in [-0.05, 0) is 37.5 Å². The third-order valence-corrected chi connectivity index (χ3v) is 4.39. The highest BCUT2D eigenvalue weighted by Crippen LogP contribution is 2.19. The van der Waals surface area contributed by atoms with Gasteiger partial charge in [0, 0.05) is 13.1 Å². The lowest BCUT2D eigenvalue weighted by Crippen LogP contribution is -2.38. The number of likely N-dealkylation sites (tertiary alicyclic amines) is 1. The summed E-state index contributed by atoms with van der Waals surface area (Å²) in [6, 6.07) is 5.21. The molecule has 0 unspecified atom stereocenters. The van der Waals surface area contributed by atoms with Crippen molar-refractivity contribution in [3.05, 3.63) is 29.3 Å². The van der Waals surface area contributed by atoms with E-state index in [0.29, 0.717) is 5.56 Å². The SMILES string of the molecule is O=C(OCC(=O)N1CCCCC1)c1ccc2ncsc2c1. The highest BCUT2D eigenvalue weighted by Gasteiger charge is 2.18. The van der Waals surface area contributed by atoms with Crippen LogP contribution < -0.4 is 0 Å². The number of carbonyl (C=O) groups excluding carboxylic acids is 2. The van der Waals surface area contributed by atoms with Crippen LogP contribution in [0.25, 0.3) is 10.2 Å². The monoisotopic (exact) mass is 304 g/mol. The van der Waals surface area contributed by atoms with Crippen molar-refractivity contribution in [2.45, 2.75) is 19.3 Å². The Kier molecular flexibility index (Phi) is 4.15. The average Bonchev–Trinajstić information content (AvgIpc) is 3.00. The number of carbonyl (C=O) groups is 2. The second-order valence-corrected chi connectivity index (χ2v) is 5.94. The second-order valence-electron chi connectivity index (χ2n) is 5.05. The normalized spacial score (nSPS) is 15.1. The van der Waals surface area contributed by atoms with E-state index >= 15 is 0 Å². The van der Waals surface area contributed by atoms with Crippen molar-refractivity contribution in [3.8, 4) is 0 Å². The van der Waals surface area contributed by atoms with Crippen molar-refractivity contribution >= 4 is 33.4 Å². The standard InChI is InChI=1S/C15H16N2O3S/c18-14(17-6-2-1-3-7-17)9-20-15(19)11-4-5-12-13(8-11)21-10-16-12/h4-5,8,10H,1-3,6-7,9H2. The van der Waals surface area contributed by atoms with E-state index in [2.05, 4.69) is 4.98 Å². The van der Waals surface area contributed by atoms with Gasteiger partial charge in [0.1, 0.15) is 0 Å². The summed E-state index contributed by atoms with van der Waals surface area (Å²) >= 11 is 1.47. The fourth-order valence-electron chi connectivity index (χ4n) is 2.43. The van der Waals surface area contributed by atoms with Crippen molar-refractivity contribution in [1.29, 1.82) is 0 Å². The molecule has 0 radical (unpaired) electrons. The zero-order valence-electron chi connectivity index (χ0n) is 11.6. The molecule has 0 saturated carbocycles. The number of piperidine rings is 1. The first-order chi connectivity index (χ1) is 10.2. The Bertz CT molecular complexity index is 662. The Hall–Kier alpha value is -1.95. The van der Waals surface area contributed by atoms with Gasteiger partial charge < -0.3 is 9.64 Å². The van der Waals surface area contributed by atoms with Crippen LogP contribution >= 0.6 is 11.3 Å². The minimum atomic E-state index is -0.462. The molecule has 1 aromatic carbocycles. The van der Waals surface area contributed by atoms with Gasteiger partial charge in [0.15, 0.2) is 6.61 Å². The number of thiazole rings is 1. The first-order valence-corrected chi connectivity index (χ1v) is 7.90. The molecule has 1 amide bonds. The molecule has 110 valence electrons. The van der Waals surface area contributed by atoms with Gasteiger partial charge in [-0.1, -0.05) is 0 Å². The number of hydrogen-bond acceptors (Lipinski definition) is 5. The van der Waals surface area contributed by atoms with E-state index < -0.39 is 5.97 Å². The van der Waals surface area contributed by atoms with Crippen LogP contribution in [-0.4, -0.2) is 41.5 Å². The number of benzene rings is 1. The molecule has 2 aromatic rings. The summed E-state index contributed by atoms with van der Waals surface area (Å²) < 4.78 is 6.06. The molecule has 5 nitrogen and oxygen atoms in total. The lowest BCUT2D eigenvalue weighted by molar-refractivity contribution is -0.135. The summed E-state index contributed by atoms with van der Waals surface area (Å²) in [5, 5.41) is 0. The van der Waals surface area contributed by atoms with Gasteiger partial charge in [0.25, 0.3) is 5.91 Å². The molecule has 6 heteroatoms. The number of fused-ring (bicyclic) bond motifs is 1. The molecule has 0 atom stereocenters. The van der Waals surface area contributed by atoms with Gasteiger partial charge in [0.05, 0.1) is 21.3 Å². The quantitative estimate of drug-likeness (QED) is 0.817. The molecule has 0 spiro atoms. The maximum Gasteiger partial charge on any atom is 0.338 e. The van der Waals surface area contributed by atoms with Gasteiger partial charge in [0.2, 0.25) is 0 Å². The smallest absolute Gasteiger partial charge is 0.338 e. The minimum absolute atomic E-state index is 0.109. The van der Waals surface area contributed by atoms with E-state index in [1.54, 1.807) is 28.6 Å². The molecular formula is C15H16N2O3S. The molecule has 21 heavy (non-hydrogen) atoms. The molecule has 0 N–H and O–H groups in total. The number of nitrogens with zero attached hydrogens (tertiary/aromatic N) is 2. The van der Waals surface area contributed by atoms with Crippen LogP contribution in [0.2, 0.25) is 0 Å². The summed E-state index contributed by atoms with van der Waals surface area (Å²) in [7, 11) is 0. The molecule has 0 bridgehead atoms. The Morgan fingerprint density at radius 2 is 2.05 bits per heavy atom. The third kappa shape index (κ3) is 3.21. The maximum absolute atomic E-state index is 12.0. The highest BCUT2D eigenvalue weighted by molar-refractivity contribution is 7.16. The largest absolute Gasteiger partial charge is 0.452 e. The van der Waals surface area contributed by atoms with Crippen molar-refractivity contribution in [3.63, 3.8) is 0 Å². The maximum atomic E-state index is 12.0. The van der Waals surface area contributed by atoms with Crippen molar-refractivity contribution in [2.75, 3.05) is 19.7 Å². The van der Waals surface area contributed by atoms with Gasteiger partial charge in [-0.15, -0.1) is 11.3 Å². The molecule has 0 aliphatic carbocycles. The molecular weight excluding hydrogens is 288 g/mol. The fourth-order valence-corrected chi connectivity index (χ4v) is 3.14. The summed E-state index contributed by atoms with van der Waals surface area (Å²) in [5.74, 6) is -0.572. The first kappa shape index (κ1) is 14.0. The van der Waals surface area contributed by atoms with Gasteiger partial charge in [-0.2, -0.15) is 0 Å². The first-order valence-electron chi connectivity index (χ1n) is 7.02. The summed E-state index contributed by atoms with van der Waals surface area (Å²) in [6.45, 7) is 1.35. The molecule has 1 saturated heterocycles. The number of hydrogen-bond donors (Lipinski definition) is 0. The molecule has 2 heterocycles. The van der Waals surface area contributed by atoms with Crippen LogP contribution in [0.4, 0.5) is 0 Å². The Balaban J connectivity index is 1.59. The highest BCUT2D eigenvalue weighted by atomic mass is 32.1. The zero-order valence-corrected chi connectivity index (χ0v) is 12.4. The molecule has 1 aliphatic rings. The van der Waals surface area contributed by atoms with Crippen LogP contribution in [0, 0.1) is 0 Å². The number of amides is 1. The van der Waals surface area contributed by atoms with Crippen LogP contribution in [0.5, 0.6) is 0 Å². The van der Waals surface area contributed by atoms with E-state index in [0.717, 1.165) is 36.1 Å². The lowest BCUT2D eigenvalue weighted by Gasteiger charge is -2.26. The van der Waals surface area contributed by atoms with Crippen molar-refractivity contribution < 1.29 is 14.3 Å². The van der Waals surface area contributed by atoms with E-state index in [1.165, 1.54) is 17.8 Å². The van der Waals surface area contributed by atoms with Crippen LogP contribution in [0.15, 0.2) is 23.7 Å². The lowest BCUT2D eigenvalue weighted by atomic mass is 10.1. The Morgan fingerprint density at radius 1 is 1.24 bits per heavy atom. The predicted octanol–water partition coefficient (Wildman–Crippen LogP) is 2.47. The predicted molar refractivity (Wildman–Crippen MR) is 80.3 cm³/mol. The van der Waals surface area contributed by atoms with Crippen LogP contribution in [0.1, 0.15) is 29.6 Å². The molecule has 1 aromatic heterocycles. The van der Waals surface area contributed by atoms with Gasteiger partial charge in [-0.25, -0.2) is 9.78 Å². The summed E-state index contributed by atoms with van der Waals surface area (Å²) in [5.41, 5.74) is 3.05. The van der Waals surface area contributed by atoms with E-state index in [4.69, 9.17) is 4.74 Å². The summed E-state index contributed by atoms with van der Waals surface area (Å²) in [4.78, 5) is 29.9.